The van der Waals surface area contributed by atoms with Crippen LogP contribution in [0.25, 0.3) is 27.6 Å². The van der Waals surface area contributed by atoms with Crippen molar-refractivity contribution >= 4 is 38.9 Å². The standard InChI is InChI=1S/C35H32N4O/c1-35(2,3)24-18-19-36-34(20-24)39-30-13-6-5-12-28(30)29-17-16-27(22-33(29)39)40-26-11-9-10-25(21-26)38-23-37(4)31-14-7-8-15-32(31)38/h5-22H,23H2,1-4H3/i1D3,2D3,4D3. The zero-order valence-corrected chi connectivity index (χ0v) is 21.8. The van der Waals surface area contributed by atoms with E-state index in [1.807, 2.05) is 94.4 Å². The van der Waals surface area contributed by atoms with E-state index in [0.717, 1.165) is 33.2 Å². The lowest BCUT2D eigenvalue weighted by Crippen LogP contribution is -2.23. The van der Waals surface area contributed by atoms with Crippen LogP contribution in [0.3, 0.4) is 0 Å². The summed E-state index contributed by atoms with van der Waals surface area (Å²) in [5.74, 6) is 1.43. The maximum atomic E-state index is 8.16. The summed E-state index contributed by atoms with van der Waals surface area (Å²) in [6.07, 6.45) is 1.44. The lowest BCUT2D eigenvalue weighted by molar-refractivity contribution is 0.483. The molecule has 2 aromatic heterocycles. The van der Waals surface area contributed by atoms with Crippen molar-refractivity contribution in [2.75, 3.05) is 23.4 Å². The molecule has 7 rings (SSSR count). The fourth-order valence-corrected chi connectivity index (χ4v) is 5.40. The molecule has 198 valence electrons. The van der Waals surface area contributed by atoms with Crippen LogP contribution >= 0.6 is 0 Å². The van der Waals surface area contributed by atoms with Crippen molar-refractivity contribution in [3.05, 3.63) is 115 Å². The Hall–Kier alpha value is -4.77. The molecule has 40 heavy (non-hydrogen) atoms. The fourth-order valence-electron chi connectivity index (χ4n) is 5.40. The van der Waals surface area contributed by atoms with Crippen molar-refractivity contribution in [3.8, 4) is 17.3 Å². The summed E-state index contributed by atoms with van der Waals surface area (Å²) in [5.41, 5.74) is 1.70. The fraction of sp³-hybridized carbons (Fsp3) is 0.171. The maximum absolute atomic E-state index is 8.16. The highest BCUT2D eigenvalue weighted by molar-refractivity contribution is 6.09. The molecule has 0 unspecified atom stereocenters. The second-order valence-electron chi connectivity index (χ2n) is 10.1. The van der Waals surface area contributed by atoms with Crippen LogP contribution in [-0.4, -0.2) is 23.2 Å². The topological polar surface area (TPSA) is 33.5 Å². The number of anilines is 3. The zero-order chi connectivity index (χ0) is 34.9. The molecule has 5 heteroatoms. The predicted molar refractivity (Wildman–Crippen MR) is 166 cm³/mol. The first-order valence-electron chi connectivity index (χ1n) is 17.5. The number of para-hydroxylation sites is 3. The van der Waals surface area contributed by atoms with Gasteiger partial charge in [-0.1, -0.05) is 57.0 Å². The molecular formula is C35H32N4O. The van der Waals surface area contributed by atoms with Crippen molar-refractivity contribution in [2.24, 2.45) is 0 Å². The van der Waals surface area contributed by atoms with Crippen molar-refractivity contribution in [3.63, 3.8) is 0 Å². The molecule has 0 atom stereocenters. The largest absolute Gasteiger partial charge is 0.457 e. The Morgan fingerprint density at radius 3 is 2.45 bits per heavy atom. The molecule has 3 heterocycles. The molecule has 0 aliphatic carbocycles. The maximum Gasteiger partial charge on any atom is 0.137 e. The molecule has 5 nitrogen and oxygen atoms in total. The van der Waals surface area contributed by atoms with Crippen molar-refractivity contribution < 1.29 is 17.1 Å². The number of nitrogens with zero attached hydrogens (tertiary/aromatic N) is 4. The molecule has 0 N–H and O–H groups in total. The molecule has 1 aliphatic heterocycles. The summed E-state index contributed by atoms with van der Waals surface area (Å²) in [6.45, 7) is -6.52. The normalized spacial score (nSPS) is 17.6. The lowest BCUT2D eigenvalue weighted by Gasteiger charge is -2.20. The van der Waals surface area contributed by atoms with Gasteiger partial charge in [0.2, 0.25) is 0 Å². The smallest absolute Gasteiger partial charge is 0.137 e. The summed E-state index contributed by atoms with van der Waals surface area (Å²) in [5, 5.41) is 1.83. The molecular weight excluding hydrogens is 492 g/mol. The van der Waals surface area contributed by atoms with Gasteiger partial charge in [-0.25, -0.2) is 4.98 Å². The summed E-state index contributed by atoms with van der Waals surface area (Å²) < 4.78 is 81.4. The number of fused-ring (bicyclic) bond motifs is 4. The third-order valence-electron chi connectivity index (χ3n) is 7.31. The third-order valence-corrected chi connectivity index (χ3v) is 7.31. The van der Waals surface area contributed by atoms with E-state index in [1.165, 1.54) is 30.2 Å². The molecule has 0 fully saturated rings. The lowest BCUT2D eigenvalue weighted by atomic mass is 9.88. The Morgan fingerprint density at radius 2 is 1.57 bits per heavy atom. The van der Waals surface area contributed by atoms with Gasteiger partial charge in [0.15, 0.2) is 0 Å². The highest BCUT2D eigenvalue weighted by Crippen LogP contribution is 2.41. The van der Waals surface area contributed by atoms with Crippen LogP contribution in [0.1, 0.15) is 38.5 Å². The summed E-state index contributed by atoms with van der Waals surface area (Å²) in [6, 6.07) is 31.2. The molecule has 0 saturated carbocycles. The van der Waals surface area contributed by atoms with Crippen LogP contribution in [0.4, 0.5) is 17.1 Å². The number of hydrogen-bond acceptors (Lipinski definition) is 4. The SMILES string of the molecule is [2H]C([2H])([2H])N1CN(c2cccc(Oc3ccc4c5ccccc5n(-c5cc(C(C)(C([2H])([2H])[2H])C([2H])([2H])[2H])ccn5)c4c3)c2)c2ccccc21. The minimum Gasteiger partial charge on any atom is -0.457 e. The highest BCUT2D eigenvalue weighted by Gasteiger charge is 2.24. The Kier molecular flexibility index (Phi) is 3.75. The zero-order valence-electron chi connectivity index (χ0n) is 30.8. The molecule has 0 amide bonds. The molecule has 0 bridgehead atoms. The molecule has 0 saturated heterocycles. The second kappa shape index (κ2) is 9.16. The second-order valence-corrected chi connectivity index (χ2v) is 10.1. The number of benzene rings is 4. The minimum atomic E-state index is -2.81. The van der Waals surface area contributed by atoms with Crippen LogP contribution in [0.2, 0.25) is 0 Å². The Labute approximate surface area is 247 Å². The first-order chi connectivity index (χ1) is 23.1. The van der Waals surface area contributed by atoms with E-state index in [2.05, 4.69) is 4.98 Å². The average molecular weight is 534 g/mol. The molecule has 6 aromatic rings. The Morgan fingerprint density at radius 1 is 0.775 bits per heavy atom. The quantitative estimate of drug-likeness (QED) is 0.227. The van der Waals surface area contributed by atoms with E-state index in [1.54, 1.807) is 6.07 Å². The van der Waals surface area contributed by atoms with Crippen molar-refractivity contribution in [2.45, 2.75) is 26.0 Å². The van der Waals surface area contributed by atoms with Crippen LogP contribution in [0.15, 0.2) is 109 Å². The van der Waals surface area contributed by atoms with Crippen LogP contribution in [-0.2, 0) is 5.41 Å². The molecule has 0 radical (unpaired) electrons. The van der Waals surface area contributed by atoms with Gasteiger partial charge in [-0.15, -0.1) is 0 Å². The highest BCUT2D eigenvalue weighted by atomic mass is 16.5. The summed E-state index contributed by atoms with van der Waals surface area (Å²) >= 11 is 0. The minimum absolute atomic E-state index is 0.133. The van der Waals surface area contributed by atoms with Gasteiger partial charge in [-0.3, -0.25) is 4.57 Å². The van der Waals surface area contributed by atoms with E-state index >= 15 is 0 Å². The van der Waals surface area contributed by atoms with Gasteiger partial charge in [0.05, 0.1) is 29.1 Å². The number of pyridine rings is 1. The van der Waals surface area contributed by atoms with Crippen molar-refractivity contribution in [1.82, 2.24) is 9.55 Å². The van der Waals surface area contributed by atoms with E-state index in [-0.39, 0.29) is 12.2 Å². The third kappa shape index (κ3) is 4.06. The number of aromatic nitrogens is 2. The first kappa shape index (κ1) is 16.4. The molecule has 1 aliphatic rings. The van der Waals surface area contributed by atoms with Gasteiger partial charge >= 0.3 is 0 Å². The number of hydrogen-bond donors (Lipinski definition) is 0. The van der Waals surface area contributed by atoms with Gasteiger partial charge in [-0.05, 0) is 65.6 Å². The van der Waals surface area contributed by atoms with E-state index in [9.17, 15) is 0 Å². The number of rotatable bonds is 4. The van der Waals surface area contributed by atoms with Crippen molar-refractivity contribution in [1.29, 1.82) is 0 Å². The van der Waals surface area contributed by atoms with Crippen LogP contribution in [0, 0.1) is 0 Å². The molecule has 0 spiro atoms. The van der Waals surface area contributed by atoms with E-state index in [0.29, 0.717) is 23.0 Å². The van der Waals surface area contributed by atoms with Gasteiger partial charge in [0.25, 0.3) is 0 Å². The monoisotopic (exact) mass is 533 g/mol. The van der Waals surface area contributed by atoms with Gasteiger partial charge in [0.1, 0.15) is 17.3 Å². The van der Waals surface area contributed by atoms with Gasteiger partial charge in [-0.2, -0.15) is 0 Å². The number of ether oxygens (including phenoxy) is 1. The van der Waals surface area contributed by atoms with E-state index < -0.39 is 26.1 Å². The predicted octanol–water partition coefficient (Wildman–Crippen LogP) is 8.81. The first-order valence-corrected chi connectivity index (χ1v) is 13.0. The van der Waals surface area contributed by atoms with E-state index in [4.69, 9.17) is 17.1 Å². The summed E-state index contributed by atoms with van der Waals surface area (Å²) in [7, 11) is 0. The van der Waals surface area contributed by atoms with Crippen LogP contribution < -0.4 is 14.5 Å². The Balaban J connectivity index is 1.29. The molecule has 4 aromatic carbocycles. The summed E-state index contributed by atoms with van der Waals surface area (Å²) in [4.78, 5) is 7.90. The van der Waals surface area contributed by atoms with Gasteiger partial charge < -0.3 is 14.5 Å². The van der Waals surface area contributed by atoms with Gasteiger partial charge in [0, 0.05) is 54.1 Å². The average Bonchev–Trinajstić information content (AvgIpc) is 3.60. The van der Waals surface area contributed by atoms with Crippen LogP contribution in [0.5, 0.6) is 11.5 Å². The Bertz CT molecular complexity index is 2190.